The van der Waals surface area contributed by atoms with Gasteiger partial charge in [-0.15, -0.1) is 0 Å². The summed E-state index contributed by atoms with van der Waals surface area (Å²) in [5, 5.41) is 0. The molecule has 1 atom stereocenters. The molecule has 0 spiro atoms. The van der Waals surface area contributed by atoms with Crippen molar-refractivity contribution in [3.63, 3.8) is 0 Å². The van der Waals surface area contributed by atoms with E-state index in [1.807, 2.05) is 0 Å². The molecule has 1 aromatic rings. The number of nitrogens with zero attached hydrogens (tertiary/aromatic N) is 2. The van der Waals surface area contributed by atoms with Crippen molar-refractivity contribution in [2.24, 2.45) is 0 Å². The highest BCUT2D eigenvalue weighted by molar-refractivity contribution is 5.77. The van der Waals surface area contributed by atoms with Crippen LogP contribution in [0.25, 0.3) is 0 Å². The molecule has 0 amide bonds. The molecule has 4 heteroatoms. The van der Waals surface area contributed by atoms with Gasteiger partial charge < -0.3 is 9.64 Å². The van der Waals surface area contributed by atoms with Crippen molar-refractivity contribution in [1.29, 1.82) is 0 Å². The molecule has 0 N–H and O–H groups in total. The number of carbonyl (C=O) groups is 1. The van der Waals surface area contributed by atoms with Gasteiger partial charge in [-0.3, -0.25) is 9.69 Å². The van der Waals surface area contributed by atoms with Gasteiger partial charge in [0.05, 0.1) is 6.61 Å². The molecule has 4 nitrogen and oxygen atoms in total. The van der Waals surface area contributed by atoms with Gasteiger partial charge >= 0.3 is 5.97 Å². The first-order valence-electron chi connectivity index (χ1n) is 6.45. The van der Waals surface area contributed by atoms with Crippen molar-refractivity contribution in [3.8, 4) is 0 Å². The Morgan fingerprint density at radius 1 is 1.28 bits per heavy atom. The summed E-state index contributed by atoms with van der Waals surface area (Å²) in [6.07, 6.45) is 0.824. The SMILES string of the molecule is CN1CCN(C2CCOC2=O)Cc2ccccc21. The Morgan fingerprint density at radius 2 is 2.11 bits per heavy atom. The highest BCUT2D eigenvalue weighted by Crippen LogP contribution is 2.26. The normalized spacial score (nSPS) is 24.6. The van der Waals surface area contributed by atoms with Gasteiger partial charge in [0, 0.05) is 38.8 Å². The van der Waals surface area contributed by atoms with Gasteiger partial charge in [-0.05, 0) is 11.6 Å². The lowest BCUT2D eigenvalue weighted by Crippen LogP contribution is -2.40. The molecule has 18 heavy (non-hydrogen) atoms. The van der Waals surface area contributed by atoms with Gasteiger partial charge in [0.2, 0.25) is 0 Å². The van der Waals surface area contributed by atoms with E-state index in [1.54, 1.807) is 0 Å². The second-order valence-electron chi connectivity index (χ2n) is 4.99. The van der Waals surface area contributed by atoms with Gasteiger partial charge in [-0.1, -0.05) is 18.2 Å². The van der Waals surface area contributed by atoms with Gasteiger partial charge in [0.25, 0.3) is 0 Å². The van der Waals surface area contributed by atoms with Gasteiger partial charge in [-0.25, -0.2) is 0 Å². The summed E-state index contributed by atoms with van der Waals surface area (Å²) in [5.41, 5.74) is 2.56. The molecule has 1 aromatic carbocycles. The molecule has 2 aliphatic heterocycles. The molecule has 3 rings (SSSR count). The smallest absolute Gasteiger partial charge is 0.323 e. The number of fused-ring (bicyclic) bond motifs is 1. The lowest BCUT2D eigenvalue weighted by atomic mass is 10.1. The largest absolute Gasteiger partial charge is 0.464 e. The number of hydrogen-bond donors (Lipinski definition) is 0. The van der Waals surface area contributed by atoms with E-state index in [0.29, 0.717) is 6.61 Å². The molecular formula is C14H18N2O2. The monoisotopic (exact) mass is 246 g/mol. The summed E-state index contributed by atoms with van der Waals surface area (Å²) in [5.74, 6) is -0.0583. The molecular weight excluding hydrogens is 228 g/mol. The summed E-state index contributed by atoms with van der Waals surface area (Å²) < 4.78 is 5.08. The van der Waals surface area contributed by atoms with E-state index >= 15 is 0 Å². The standard InChI is InChI=1S/C14H18N2O2/c1-15-7-8-16(13-6-9-18-14(13)17)10-11-4-2-3-5-12(11)15/h2-5,13H,6-10H2,1H3. The van der Waals surface area contributed by atoms with E-state index in [0.717, 1.165) is 26.1 Å². The number of hydrogen-bond acceptors (Lipinski definition) is 4. The van der Waals surface area contributed by atoms with Crippen molar-refractivity contribution in [3.05, 3.63) is 29.8 Å². The van der Waals surface area contributed by atoms with Crippen LogP contribution in [0.5, 0.6) is 0 Å². The van der Waals surface area contributed by atoms with Crippen LogP contribution < -0.4 is 4.90 Å². The number of anilines is 1. The lowest BCUT2D eigenvalue weighted by molar-refractivity contribution is -0.142. The van der Waals surface area contributed by atoms with Crippen LogP contribution in [0.2, 0.25) is 0 Å². The Labute approximate surface area is 107 Å². The van der Waals surface area contributed by atoms with Crippen LogP contribution in [0.1, 0.15) is 12.0 Å². The van der Waals surface area contributed by atoms with E-state index in [1.165, 1.54) is 11.3 Å². The van der Waals surface area contributed by atoms with Crippen LogP contribution in [0.3, 0.4) is 0 Å². The maximum atomic E-state index is 11.7. The van der Waals surface area contributed by atoms with Crippen molar-refractivity contribution < 1.29 is 9.53 Å². The fourth-order valence-electron chi connectivity index (χ4n) is 2.80. The number of likely N-dealkylation sites (N-methyl/N-ethyl adjacent to an activating group) is 1. The minimum atomic E-state index is -0.0583. The molecule has 0 bridgehead atoms. The topological polar surface area (TPSA) is 32.8 Å². The van der Waals surface area contributed by atoms with E-state index in [4.69, 9.17) is 4.74 Å². The zero-order valence-electron chi connectivity index (χ0n) is 10.6. The summed E-state index contributed by atoms with van der Waals surface area (Å²) in [6.45, 7) is 3.25. The molecule has 2 heterocycles. The third-order valence-electron chi connectivity index (χ3n) is 3.85. The summed E-state index contributed by atoms with van der Waals surface area (Å²) in [6, 6.07) is 8.36. The van der Waals surface area contributed by atoms with Crippen LogP contribution >= 0.6 is 0 Å². The van der Waals surface area contributed by atoms with Crippen molar-refractivity contribution in [2.45, 2.75) is 19.0 Å². The second-order valence-corrected chi connectivity index (χ2v) is 4.99. The van der Waals surface area contributed by atoms with Crippen molar-refractivity contribution >= 4 is 11.7 Å². The van der Waals surface area contributed by atoms with Crippen LogP contribution in [0, 0.1) is 0 Å². The van der Waals surface area contributed by atoms with Gasteiger partial charge in [0.1, 0.15) is 6.04 Å². The highest BCUT2D eigenvalue weighted by atomic mass is 16.5. The molecule has 1 fully saturated rings. The maximum absolute atomic E-state index is 11.7. The number of ether oxygens (including phenoxy) is 1. The zero-order valence-corrected chi connectivity index (χ0v) is 10.6. The molecule has 2 aliphatic rings. The van der Waals surface area contributed by atoms with Crippen molar-refractivity contribution in [1.82, 2.24) is 4.90 Å². The first kappa shape index (κ1) is 11.5. The summed E-state index contributed by atoms with van der Waals surface area (Å²) in [7, 11) is 2.11. The zero-order chi connectivity index (χ0) is 12.5. The molecule has 1 saturated heterocycles. The van der Waals surface area contributed by atoms with Crippen molar-refractivity contribution in [2.75, 3.05) is 31.6 Å². The fourth-order valence-corrected chi connectivity index (χ4v) is 2.80. The summed E-state index contributed by atoms with van der Waals surface area (Å²) in [4.78, 5) is 16.2. The van der Waals surface area contributed by atoms with E-state index in [9.17, 15) is 4.79 Å². The Hall–Kier alpha value is -1.55. The van der Waals surface area contributed by atoms with Crippen LogP contribution in [0.4, 0.5) is 5.69 Å². The third-order valence-corrected chi connectivity index (χ3v) is 3.85. The predicted molar refractivity (Wildman–Crippen MR) is 69.5 cm³/mol. The lowest BCUT2D eigenvalue weighted by Gasteiger charge is -2.24. The first-order valence-corrected chi connectivity index (χ1v) is 6.45. The third kappa shape index (κ3) is 1.97. The highest BCUT2D eigenvalue weighted by Gasteiger charge is 2.33. The molecule has 0 saturated carbocycles. The van der Waals surface area contributed by atoms with Gasteiger partial charge in [0.15, 0.2) is 0 Å². The van der Waals surface area contributed by atoms with E-state index in [-0.39, 0.29) is 12.0 Å². The average molecular weight is 246 g/mol. The minimum Gasteiger partial charge on any atom is -0.464 e. The minimum absolute atomic E-state index is 0.0513. The van der Waals surface area contributed by atoms with Crippen LogP contribution in [-0.2, 0) is 16.1 Å². The predicted octanol–water partition coefficient (Wildman–Crippen LogP) is 1.25. The quantitative estimate of drug-likeness (QED) is 0.698. The average Bonchev–Trinajstić information content (AvgIpc) is 2.73. The number of esters is 1. The number of benzene rings is 1. The molecule has 0 radical (unpaired) electrons. The first-order chi connectivity index (χ1) is 8.75. The van der Waals surface area contributed by atoms with Crippen LogP contribution in [-0.4, -0.2) is 43.7 Å². The van der Waals surface area contributed by atoms with Crippen LogP contribution in [0.15, 0.2) is 24.3 Å². The number of para-hydroxylation sites is 1. The molecule has 1 unspecified atom stereocenters. The molecule has 0 aromatic heterocycles. The van der Waals surface area contributed by atoms with Gasteiger partial charge in [-0.2, -0.15) is 0 Å². The number of rotatable bonds is 1. The fraction of sp³-hybridized carbons (Fsp3) is 0.500. The number of carbonyl (C=O) groups excluding carboxylic acids is 1. The molecule has 96 valence electrons. The Balaban J connectivity index is 1.86. The Bertz CT molecular complexity index is 461. The maximum Gasteiger partial charge on any atom is 0.323 e. The number of cyclic esters (lactones) is 1. The summed E-state index contributed by atoms with van der Waals surface area (Å²) >= 11 is 0. The Kier molecular flexibility index (Phi) is 2.96. The van der Waals surface area contributed by atoms with E-state index < -0.39 is 0 Å². The Morgan fingerprint density at radius 3 is 2.89 bits per heavy atom. The molecule has 0 aliphatic carbocycles. The van der Waals surface area contributed by atoms with E-state index in [2.05, 4.69) is 41.1 Å². The second kappa shape index (κ2) is 4.61.